The van der Waals surface area contributed by atoms with Crippen molar-refractivity contribution in [2.45, 2.75) is 122 Å². The van der Waals surface area contributed by atoms with E-state index in [9.17, 15) is 0 Å². The van der Waals surface area contributed by atoms with Crippen molar-refractivity contribution >= 4 is 46.2 Å². The number of para-hydroxylation sites is 3. The Hall–Kier alpha value is -6.30. The molecule has 4 nitrogen and oxygen atoms in total. The lowest BCUT2D eigenvalue weighted by Crippen LogP contribution is -2.53. The van der Waals surface area contributed by atoms with Crippen molar-refractivity contribution in [1.82, 2.24) is 4.57 Å². The maximum atomic E-state index is 6.76. The maximum Gasteiger partial charge on any atom is 0.295 e. The molecule has 9 aromatic rings. The summed E-state index contributed by atoms with van der Waals surface area (Å²) in [6.45, 7) is 21.7. The second kappa shape index (κ2) is 18.5. The molecule has 3 aromatic heterocycles. The third-order valence-electron chi connectivity index (χ3n) is 16.2. The largest absolute Gasteiger partial charge is 0.456 e. The van der Waals surface area contributed by atoms with Gasteiger partial charge < -0.3 is 4.42 Å². The molecule has 11 rings (SSSR count). The van der Waals surface area contributed by atoms with Gasteiger partial charge in [-0.25, -0.2) is 4.57 Å². The Bertz CT molecular complexity index is 3400. The van der Waals surface area contributed by atoms with Crippen molar-refractivity contribution in [1.29, 1.82) is 0 Å². The van der Waals surface area contributed by atoms with Crippen LogP contribution in [0.2, 0.25) is 19.6 Å². The van der Waals surface area contributed by atoms with Gasteiger partial charge in [0.15, 0.2) is 23.3 Å². The summed E-state index contributed by atoms with van der Waals surface area (Å²) in [4.78, 5) is 0. The molecule has 70 heavy (non-hydrogen) atoms. The van der Waals surface area contributed by atoms with Crippen LogP contribution >= 0.6 is 0 Å². The molecule has 0 bridgehead atoms. The normalized spacial score (nSPS) is 16.4. The fourth-order valence-electron chi connectivity index (χ4n) is 12.7. The van der Waals surface area contributed by atoms with Crippen LogP contribution in [-0.2, 0) is 19.9 Å². The highest BCUT2D eigenvalue weighted by molar-refractivity contribution is 6.89. The van der Waals surface area contributed by atoms with Crippen LogP contribution in [0.5, 0.6) is 0 Å². The average molecular weight is 938 g/mol. The first-order chi connectivity index (χ1) is 33.9. The number of hydrogen-bond donors (Lipinski definition) is 0. The van der Waals surface area contributed by atoms with E-state index in [1.165, 1.54) is 111 Å². The Kier molecular flexibility index (Phi) is 12.2. The third-order valence-corrected chi connectivity index (χ3v) is 18.2. The highest BCUT2D eigenvalue weighted by atomic mass is 28.3. The highest BCUT2D eigenvalue weighted by Gasteiger charge is 2.41. The Balaban J connectivity index is 1.10. The van der Waals surface area contributed by atoms with Gasteiger partial charge >= 0.3 is 0 Å². The lowest BCUT2D eigenvalue weighted by atomic mass is 9.78. The van der Waals surface area contributed by atoms with E-state index in [1.54, 1.807) is 10.8 Å². The minimum atomic E-state index is -1.70. The van der Waals surface area contributed by atoms with Gasteiger partial charge in [-0.1, -0.05) is 165 Å². The lowest BCUT2D eigenvalue weighted by molar-refractivity contribution is -0.706. The van der Waals surface area contributed by atoms with Crippen LogP contribution in [0.3, 0.4) is 0 Å². The van der Waals surface area contributed by atoms with E-state index in [2.05, 4.69) is 220 Å². The minimum absolute atomic E-state index is 0.120. The molecular weight excluding hydrogens is 867 g/mol. The highest BCUT2D eigenvalue weighted by Crippen LogP contribution is 2.45. The number of allylic oxidation sites excluding steroid dienone is 1. The monoisotopic (exact) mass is 938 g/mol. The number of aryl methyl sites for hydroxylation is 2. The van der Waals surface area contributed by atoms with Gasteiger partial charge in [0.2, 0.25) is 5.69 Å². The summed E-state index contributed by atoms with van der Waals surface area (Å²) in [7, 11) is 0.572. The Morgan fingerprint density at radius 1 is 0.700 bits per heavy atom. The Labute approximate surface area is 417 Å². The van der Waals surface area contributed by atoms with E-state index >= 15 is 0 Å². The molecule has 0 spiro atoms. The number of hydrogen-bond acceptors (Lipinski definition) is 1. The molecule has 2 aliphatic rings. The van der Waals surface area contributed by atoms with Gasteiger partial charge in [0.1, 0.15) is 16.9 Å². The smallest absolute Gasteiger partial charge is 0.295 e. The molecule has 1 saturated carbocycles. The number of aromatic nitrogens is 3. The summed E-state index contributed by atoms with van der Waals surface area (Å²) < 4.78 is 14.5. The predicted octanol–water partition coefficient (Wildman–Crippen LogP) is 16.0. The first kappa shape index (κ1) is 46.1. The SMILES string of the molecule is C=CC1C(CCc2cc3oc4ccccc4c3cc2-c2n(-c3c(C(C)C)cc(-c4ccccc4)cc3C(C)C)c3ccccc3[n+]2C)c2ccccc2-c2cc(CC3CCCCC3)c([Si](C)(C)C)c[n+]21. The van der Waals surface area contributed by atoms with Gasteiger partial charge in [0.25, 0.3) is 5.82 Å². The van der Waals surface area contributed by atoms with Crippen molar-refractivity contribution < 1.29 is 13.6 Å². The van der Waals surface area contributed by atoms with Gasteiger partial charge in [-0.2, -0.15) is 9.13 Å². The topological polar surface area (TPSA) is 25.8 Å². The number of nitrogens with zero attached hydrogens (tertiary/aromatic N) is 3. The standard InChI is InChI=1S/C65H71N3OSi/c1-10-57-51(49-27-17-18-28-50(49)60-38-48(35-44-23-13-11-14-24-44)63(41-67(57)60)70(7,8)9)34-33-46-39-62-56(52-29-19-22-32-61(52)69-62)40-55(46)65-66(6)58-30-20-21-31-59(58)68(65)64-53(42(2)3)36-47(37-54(64)43(4)5)45-25-15-12-16-26-45/h10,12,15-22,25-32,36-44,51,57H,1,11,13-14,23-24,33-35H2,2-9H3/q+2. The fraction of sp³-hybridized carbons (Fsp3) is 0.323. The summed E-state index contributed by atoms with van der Waals surface area (Å²) >= 11 is 0. The molecule has 0 N–H and O–H groups in total. The van der Waals surface area contributed by atoms with Crippen LogP contribution in [0, 0.1) is 5.92 Å². The number of furan rings is 1. The lowest BCUT2D eigenvalue weighted by Gasteiger charge is -2.32. The molecule has 1 aliphatic heterocycles. The summed E-state index contributed by atoms with van der Waals surface area (Å²) in [5.74, 6) is 2.77. The number of benzene rings is 6. The summed E-state index contributed by atoms with van der Waals surface area (Å²) in [6.07, 6.45) is 14.7. The molecule has 2 unspecified atom stereocenters. The molecule has 354 valence electrons. The first-order valence-electron chi connectivity index (χ1n) is 26.4. The third kappa shape index (κ3) is 8.08. The van der Waals surface area contributed by atoms with Crippen LogP contribution in [-0.4, -0.2) is 12.6 Å². The maximum absolute atomic E-state index is 6.76. The van der Waals surface area contributed by atoms with E-state index in [4.69, 9.17) is 4.42 Å². The van der Waals surface area contributed by atoms with Gasteiger partial charge in [-0.15, -0.1) is 0 Å². The molecule has 6 aromatic carbocycles. The molecule has 1 aliphatic carbocycles. The first-order valence-corrected chi connectivity index (χ1v) is 29.9. The Morgan fingerprint density at radius 3 is 2.11 bits per heavy atom. The number of pyridine rings is 1. The summed E-state index contributed by atoms with van der Waals surface area (Å²) in [6, 6.07) is 50.3. The van der Waals surface area contributed by atoms with Crippen molar-refractivity contribution in [2.24, 2.45) is 13.0 Å². The summed E-state index contributed by atoms with van der Waals surface area (Å²) in [5.41, 5.74) is 19.1. The van der Waals surface area contributed by atoms with E-state index < -0.39 is 8.07 Å². The summed E-state index contributed by atoms with van der Waals surface area (Å²) in [5, 5.41) is 3.91. The van der Waals surface area contributed by atoms with Crippen LogP contribution in [0.15, 0.2) is 157 Å². The van der Waals surface area contributed by atoms with Crippen molar-refractivity contribution in [3.05, 3.63) is 180 Å². The van der Waals surface area contributed by atoms with Crippen LogP contribution in [0.4, 0.5) is 0 Å². The van der Waals surface area contributed by atoms with E-state index in [0.29, 0.717) is 0 Å². The van der Waals surface area contributed by atoms with Crippen molar-refractivity contribution in [3.63, 3.8) is 0 Å². The predicted molar refractivity (Wildman–Crippen MR) is 296 cm³/mol. The molecule has 4 heterocycles. The zero-order chi connectivity index (χ0) is 48.4. The molecule has 2 atom stereocenters. The number of fused-ring (bicyclic) bond motifs is 7. The number of imidazole rings is 1. The Morgan fingerprint density at radius 2 is 1.39 bits per heavy atom. The fourth-order valence-corrected chi connectivity index (χ4v) is 14.3. The van der Waals surface area contributed by atoms with Gasteiger partial charge in [-0.3, -0.25) is 0 Å². The van der Waals surface area contributed by atoms with Crippen LogP contribution in [0.1, 0.15) is 118 Å². The minimum Gasteiger partial charge on any atom is -0.456 e. The van der Waals surface area contributed by atoms with Gasteiger partial charge in [0, 0.05) is 38.7 Å². The van der Waals surface area contributed by atoms with Crippen LogP contribution < -0.4 is 14.3 Å². The van der Waals surface area contributed by atoms with Gasteiger partial charge in [0.05, 0.1) is 26.6 Å². The quantitative estimate of drug-likeness (QED) is 0.0681. The number of rotatable bonds is 12. The molecule has 0 saturated heterocycles. The van der Waals surface area contributed by atoms with Crippen molar-refractivity contribution in [2.75, 3.05) is 0 Å². The average Bonchev–Trinajstić information content (AvgIpc) is 3.88. The second-order valence-corrected chi connectivity index (χ2v) is 27.4. The van der Waals surface area contributed by atoms with E-state index in [1.807, 2.05) is 0 Å². The molecule has 5 heteroatoms. The zero-order valence-corrected chi connectivity index (χ0v) is 43.9. The van der Waals surface area contributed by atoms with E-state index in [0.717, 1.165) is 40.7 Å². The van der Waals surface area contributed by atoms with E-state index in [-0.39, 0.29) is 23.8 Å². The molecule has 0 radical (unpaired) electrons. The van der Waals surface area contributed by atoms with Crippen molar-refractivity contribution in [3.8, 4) is 39.5 Å². The van der Waals surface area contributed by atoms with Gasteiger partial charge in [-0.05, 0) is 119 Å². The van der Waals surface area contributed by atoms with Crippen LogP contribution in [0.25, 0.3) is 72.4 Å². The molecule has 0 amide bonds. The second-order valence-electron chi connectivity index (χ2n) is 22.4. The molecular formula is C65H71N3OSi+2. The molecule has 1 fully saturated rings. The zero-order valence-electron chi connectivity index (χ0n) is 42.9.